The lowest BCUT2D eigenvalue weighted by Gasteiger charge is -2.36. The van der Waals surface area contributed by atoms with E-state index in [1.165, 1.54) is 11.6 Å². The third-order valence-electron chi connectivity index (χ3n) is 13.7. The van der Waals surface area contributed by atoms with Crippen molar-refractivity contribution in [1.29, 1.82) is 0 Å². The van der Waals surface area contributed by atoms with Crippen LogP contribution in [0.25, 0.3) is 10.2 Å². The first-order valence-electron chi connectivity index (χ1n) is 23.0. The number of piperidine rings is 2. The molecular formula is C49H57F3IN7O5S. The number of allylic oxidation sites excluding steroid dienone is 2. The molecule has 3 aliphatic heterocycles. The van der Waals surface area contributed by atoms with Crippen molar-refractivity contribution < 1.29 is 37.5 Å². The predicted octanol–water partition coefficient (Wildman–Crippen LogP) is 9.90. The van der Waals surface area contributed by atoms with Gasteiger partial charge in [-0.25, -0.2) is 9.97 Å². The van der Waals surface area contributed by atoms with E-state index < -0.39 is 41.2 Å². The average molecular weight is 1040 g/mol. The second-order valence-corrected chi connectivity index (χ2v) is 20.9. The van der Waals surface area contributed by atoms with Crippen LogP contribution in [0.4, 0.5) is 24.5 Å². The molecule has 4 N–H and O–H groups in total. The molecule has 1 unspecified atom stereocenters. The molecule has 3 fully saturated rings. The molecule has 4 aliphatic rings. The molecule has 1 aliphatic carbocycles. The number of alkyl halides is 4. The van der Waals surface area contributed by atoms with Gasteiger partial charge in [0.2, 0.25) is 5.91 Å². The summed E-state index contributed by atoms with van der Waals surface area (Å²) in [5.41, 5.74) is 1.92. The zero-order valence-electron chi connectivity index (χ0n) is 37.7. The number of anilines is 2. The molecule has 1 atom stereocenters. The third kappa shape index (κ3) is 10.3. The van der Waals surface area contributed by atoms with E-state index in [1.807, 2.05) is 6.07 Å². The van der Waals surface area contributed by atoms with Gasteiger partial charge in [-0.3, -0.25) is 24.1 Å². The van der Waals surface area contributed by atoms with Crippen molar-refractivity contribution in [2.45, 2.75) is 109 Å². The number of amides is 4. The number of hydrogen-bond donors (Lipinski definition) is 4. The molecule has 4 aromatic rings. The minimum atomic E-state index is -4.69. The molecule has 0 spiro atoms. The Labute approximate surface area is 400 Å². The Hall–Kier alpha value is -4.46. The molecule has 2 aromatic heterocycles. The van der Waals surface area contributed by atoms with Crippen molar-refractivity contribution in [2.24, 2.45) is 17.8 Å². The molecule has 12 nitrogen and oxygen atoms in total. The van der Waals surface area contributed by atoms with Crippen molar-refractivity contribution in [3.8, 4) is 0 Å². The van der Waals surface area contributed by atoms with Crippen molar-refractivity contribution in [3.05, 3.63) is 92.9 Å². The van der Waals surface area contributed by atoms with Gasteiger partial charge in [-0.1, -0.05) is 48.6 Å². The first kappa shape index (κ1) is 48.0. The maximum absolute atomic E-state index is 13.8. The van der Waals surface area contributed by atoms with E-state index in [-0.39, 0.29) is 17.5 Å². The molecule has 2 saturated heterocycles. The number of nitrogens with zero attached hydrogens (tertiary/aromatic N) is 4. The second kappa shape index (κ2) is 19.6. The molecule has 17 heteroatoms. The van der Waals surface area contributed by atoms with Crippen LogP contribution in [-0.4, -0.2) is 85.2 Å². The first-order chi connectivity index (χ1) is 31.4. The van der Waals surface area contributed by atoms with Crippen LogP contribution in [0, 0.1) is 17.8 Å². The van der Waals surface area contributed by atoms with E-state index in [4.69, 9.17) is 4.98 Å². The van der Waals surface area contributed by atoms with E-state index in [9.17, 15) is 37.5 Å². The van der Waals surface area contributed by atoms with Gasteiger partial charge in [0.1, 0.15) is 17.4 Å². The van der Waals surface area contributed by atoms with Gasteiger partial charge in [0.05, 0.1) is 32.0 Å². The highest BCUT2D eigenvalue weighted by molar-refractivity contribution is 14.1. The number of nitrogens with one attached hydrogen (secondary N) is 3. The highest BCUT2D eigenvalue weighted by Crippen LogP contribution is 2.42. The molecule has 352 valence electrons. The number of pyridine rings is 1. The van der Waals surface area contributed by atoms with Crippen LogP contribution < -0.4 is 16.0 Å². The molecule has 5 heterocycles. The van der Waals surface area contributed by atoms with E-state index >= 15 is 0 Å². The van der Waals surface area contributed by atoms with Crippen LogP contribution in [0.1, 0.15) is 139 Å². The first-order valence-corrected chi connectivity index (χ1v) is 25.3. The summed E-state index contributed by atoms with van der Waals surface area (Å²) in [7, 11) is 0. The Kier molecular flexibility index (Phi) is 14.3. The van der Waals surface area contributed by atoms with Crippen molar-refractivity contribution in [2.75, 3.05) is 41.2 Å². The van der Waals surface area contributed by atoms with Crippen LogP contribution in [0.3, 0.4) is 0 Å². The summed E-state index contributed by atoms with van der Waals surface area (Å²) in [5.74, 6) is -0.220. The summed E-state index contributed by atoms with van der Waals surface area (Å²) in [6.45, 7) is 11.2. The lowest BCUT2D eigenvalue weighted by molar-refractivity contribution is -0.141. The van der Waals surface area contributed by atoms with E-state index in [1.54, 1.807) is 49.4 Å². The minimum Gasteiger partial charge on any atom is -0.386 e. The Morgan fingerprint density at radius 3 is 2.33 bits per heavy atom. The van der Waals surface area contributed by atoms with Crippen LogP contribution >= 0.6 is 33.9 Å². The number of likely N-dealkylation sites (tertiary alicyclic amines) is 1. The third-order valence-corrected chi connectivity index (χ3v) is 15.7. The molecule has 4 amide bonds. The number of imide groups is 1. The number of carbonyl (C=O) groups excluding carboxylic acids is 4. The molecule has 66 heavy (non-hydrogen) atoms. The van der Waals surface area contributed by atoms with Gasteiger partial charge in [-0.2, -0.15) is 13.2 Å². The maximum Gasteiger partial charge on any atom is 0.433 e. The van der Waals surface area contributed by atoms with E-state index in [0.717, 1.165) is 101 Å². The van der Waals surface area contributed by atoms with Crippen LogP contribution in [0.5, 0.6) is 0 Å². The predicted molar refractivity (Wildman–Crippen MR) is 258 cm³/mol. The van der Waals surface area contributed by atoms with Gasteiger partial charge in [0.15, 0.2) is 0 Å². The van der Waals surface area contributed by atoms with Crippen molar-refractivity contribution in [3.63, 3.8) is 0 Å². The molecule has 2 aromatic carbocycles. The fourth-order valence-corrected chi connectivity index (χ4v) is 12.5. The zero-order valence-corrected chi connectivity index (χ0v) is 40.7. The summed E-state index contributed by atoms with van der Waals surface area (Å²) in [4.78, 5) is 66.0. The summed E-state index contributed by atoms with van der Waals surface area (Å²) < 4.78 is 41.5. The van der Waals surface area contributed by atoms with Gasteiger partial charge >= 0.3 is 6.18 Å². The highest BCUT2D eigenvalue weighted by Gasteiger charge is 2.45. The Morgan fingerprint density at radius 2 is 1.67 bits per heavy atom. The standard InChI is InChI=1S/C49H57F3IN7O5S/c1-27(2)32(25-53)34-15-16-39(44(62)56-34)60-46(63)31-7-5-8-35(42(31)47(60)64)54-20-17-28-18-21-59(22-19-28)26-29-11-13-30(14-12-29)45-58-38-23-33(48(3,4)65)37(24-40(38)66-45)57-43(61)36-9-6-10-41(55-36)49(50,51)52/h5-10,23-24,27-30,39,54,65H,11-22,25-26H2,1-4H3,(H,56,62)(H,57,61)/b34-32+/t29-,30-,39?. The topological polar surface area (TPSA) is 157 Å². The second-order valence-electron chi connectivity index (χ2n) is 19.1. The van der Waals surface area contributed by atoms with Gasteiger partial charge in [0, 0.05) is 46.1 Å². The average Bonchev–Trinajstić information content (AvgIpc) is 3.81. The maximum atomic E-state index is 13.8. The van der Waals surface area contributed by atoms with Gasteiger partial charge in [-0.05, 0) is 144 Å². The lowest BCUT2D eigenvalue weighted by atomic mass is 9.81. The number of hydrogen-bond acceptors (Lipinski definition) is 10. The normalized spacial score (nSPS) is 21.9. The number of carbonyl (C=O) groups is 4. The minimum absolute atomic E-state index is 0.290. The lowest BCUT2D eigenvalue weighted by Crippen LogP contribution is -2.52. The van der Waals surface area contributed by atoms with Crippen molar-refractivity contribution >= 4 is 79.1 Å². The SMILES string of the molecule is CC(C)/C(CI)=C1\CCC(N2C(=O)c3cccc(NCCC4CCN(C[C@H]5CC[C@H](c6nc7cc(C(C)(C)O)c(NC(=O)c8cccc(C(F)(F)F)n8)cc7s6)CC5)CC4)c3C2=O)C(=O)N1. The number of aliphatic hydroxyl groups is 1. The molecule has 1 saturated carbocycles. The smallest absolute Gasteiger partial charge is 0.386 e. The highest BCUT2D eigenvalue weighted by atomic mass is 127. The summed E-state index contributed by atoms with van der Waals surface area (Å²) in [6, 6.07) is 11.1. The van der Waals surface area contributed by atoms with Crippen LogP contribution in [0.2, 0.25) is 0 Å². The van der Waals surface area contributed by atoms with Gasteiger partial charge in [0.25, 0.3) is 17.7 Å². The number of aromatic nitrogens is 2. The fourth-order valence-electron chi connectivity index (χ4n) is 10.0. The number of fused-ring (bicyclic) bond motifs is 2. The Morgan fingerprint density at radius 1 is 0.939 bits per heavy atom. The zero-order chi connectivity index (χ0) is 47.1. The Balaban J connectivity index is 0.804. The number of halogens is 4. The van der Waals surface area contributed by atoms with E-state index in [0.29, 0.717) is 70.7 Å². The summed E-state index contributed by atoms with van der Waals surface area (Å²) in [6.07, 6.45) is 3.66. The summed E-state index contributed by atoms with van der Waals surface area (Å²) >= 11 is 3.86. The molecular weight excluding hydrogens is 983 g/mol. The molecule has 0 bridgehead atoms. The molecule has 0 radical (unpaired) electrons. The van der Waals surface area contributed by atoms with Crippen LogP contribution in [-0.2, 0) is 16.6 Å². The number of thiazole rings is 1. The molecule has 8 rings (SSSR count). The van der Waals surface area contributed by atoms with Crippen molar-refractivity contribution in [1.82, 2.24) is 25.1 Å². The quantitative estimate of drug-likeness (QED) is 0.0582. The van der Waals surface area contributed by atoms with Gasteiger partial charge in [-0.15, -0.1) is 11.3 Å². The van der Waals surface area contributed by atoms with Gasteiger partial charge < -0.3 is 26.0 Å². The largest absolute Gasteiger partial charge is 0.433 e. The fraction of sp³-hybridized carbons (Fsp3) is 0.510. The van der Waals surface area contributed by atoms with E-state index in [2.05, 4.69) is 62.3 Å². The Bertz CT molecular complexity index is 2540. The number of rotatable bonds is 13. The number of benzene rings is 2. The monoisotopic (exact) mass is 1040 g/mol. The van der Waals surface area contributed by atoms with Crippen LogP contribution in [0.15, 0.2) is 59.8 Å². The summed E-state index contributed by atoms with van der Waals surface area (Å²) in [5, 5.41) is 21.2.